The van der Waals surface area contributed by atoms with Crippen molar-refractivity contribution in [2.75, 3.05) is 0 Å². The molecule has 0 atom stereocenters. The van der Waals surface area contributed by atoms with Gasteiger partial charge in [-0.3, -0.25) is 0 Å². The number of allylic oxidation sites excluding steroid dienone is 5. The smallest absolute Gasteiger partial charge is 0.116 e. The van der Waals surface area contributed by atoms with Crippen molar-refractivity contribution in [2.24, 2.45) is 0 Å². The van der Waals surface area contributed by atoms with E-state index in [2.05, 4.69) is 6.58 Å². The lowest BCUT2D eigenvalue weighted by Gasteiger charge is -1.65. The molecule has 0 rings (SSSR count). The monoisotopic (exact) mass is 198 g/mol. The van der Waals surface area contributed by atoms with Gasteiger partial charge in [0.2, 0.25) is 0 Å². The molecular weight excluding hydrogens is 172 g/mol. The maximum atomic E-state index is 8.81. The Hall–Kier alpha value is -1.11. The highest BCUT2D eigenvalue weighted by Crippen LogP contribution is 1.74. The van der Waals surface area contributed by atoms with E-state index in [9.17, 15) is 0 Å². The Labute approximate surface area is 90.2 Å². The van der Waals surface area contributed by atoms with Crippen molar-refractivity contribution in [3.05, 3.63) is 37.0 Å². The summed E-state index contributed by atoms with van der Waals surface area (Å²) >= 11 is 0. The van der Waals surface area contributed by atoms with Gasteiger partial charge in [0.15, 0.2) is 0 Å². The lowest BCUT2D eigenvalue weighted by molar-refractivity contribution is -0.106. The Morgan fingerprint density at radius 1 is 0.857 bits per heavy atom. The minimum atomic E-state index is 0.750. The molecule has 0 aromatic rings. The van der Waals surface area contributed by atoms with E-state index < -0.39 is 0 Å². The summed E-state index contributed by atoms with van der Waals surface area (Å²) in [5.74, 6) is 0. The largest absolute Gasteiger partial charge is 0.304 e. The van der Waals surface area contributed by atoms with Crippen LogP contribution in [-0.4, -0.2) is 6.29 Å². The molecule has 14 heavy (non-hydrogen) atoms. The van der Waals surface area contributed by atoms with E-state index in [1.165, 1.54) is 6.92 Å². The fraction of sp³-hybridized carbons (Fsp3) is 0.462. The van der Waals surface area contributed by atoms with E-state index in [-0.39, 0.29) is 0 Å². The molecule has 0 aromatic heterocycles. The quantitative estimate of drug-likeness (QED) is 0.469. The number of aldehydes is 1. The normalized spacial score (nSPS) is 7.29. The number of hydrogen-bond donors (Lipinski definition) is 0. The van der Waals surface area contributed by atoms with E-state index in [4.69, 9.17) is 4.79 Å². The highest BCUT2D eigenvalue weighted by atomic mass is 16.1. The van der Waals surface area contributed by atoms with Gasteiger partial charge >= 0.3 is 0 Å². The van der Waals surface area contributed by atoms with Gasteiger partial charge in [-0.1, -0.05) is 64.7 Å². The van der Waals surface area contributed by atoms with E-state index in [0.29, 0.717) is 0 Å². The van der Waals surface area contributed by atoms with Crippen molar-refractivity contribution >= 4 is 6.29 Å². The average molecular weight is 198 g/mol. The van der Waals surface area contributed by atoms with Gasteiger partial charge in [-0.25, -0.2) is 0 Å². The second kappa shape index (κ2) is 59.0. The van der Waals surface area contributed by atoms with Crippen molar-refractivity contribution in [2.45, 2.75) is 41.5 Å². The van der Waals surface area contributed by atoms with Crippen LogP contribution in [0.2, 0.25) is 0 Å². The van der Waals surface area contributed by atoms with Crippen LogP contribution in [0.3, 0.4) is 0 Å². The molecule has 0 fully saturated rings. The first-order chi connectivity index (χ1) is 6.83. The molecular formula is C13H26O. The zero-order chi connectivity index (χ0) is 12.2. The molecule has 0 amide bonds. The SMILES string of the molecule is C=C/C=C\C=C/C.CC.CC.CC=O. The molecule has 0 saturated heterocycles. The minimum absolute atomic E-state index is 0.750. The molecule has 0 radical (unpaired) electrons. The Morgan fingerprint density at radius 3 is 1.43 bits per heavy atom. The summed E-state index contributed by atoms with van der Waals surface area (Å²) in [7, 11) is 0. The zero-order valence-corrected chi connectivity index (χ0v) is 10.6. The minimum Gasteiger partial charge on any atom is -0.304 e. The molecule has 0 bridgehead atoms. The molecule has 0 spiro atoms. The highest BCUT2D eigenvalue weighted by Gasteiger charge is 1.52. The lowest BCUT2D eigenvalue weighted by Crippen LogP contribution is -1.43. The lowest BCUT2D eigenvalue weighted by atomic mass is 10.4. The summed E-state index contributed by atoms with van der Waals surface area (Å²) < 4.78 is 0. The molecule has 0 N–H and O–H groups in total. The van der Waals surface area contributed by atoms with Crippen molar-refractivity contribution in [1.29, 1.82) is 0 Å². The maximum absolute atomic E-state index is 8.81. The van der Waals surface area contributed by atoms with Crippen LogP contribution in [0, 0.1) is 0 Å². The Balaban J connectivity index is -0.0000000603. The summed E-state index contributed by atoms with van der Waals surface area (Å²) in [5, 5.41) is 0. The fourth-order valence-corrected chi connectivity index (χ4v) is 0.254. The van der Waals surface area contributed by atoms with Gasteiger partial charge in [0, 0.05) is 0 Å². The van der Waals surface area contributed by atoms with Crippen LogP contribution in [0.25, 0.3) is 0 Å². The van der Waals surface area contributed by atoms with Crippen LogP contribution < -0.4 is 0 Å². The number of carbonyl (C=O) groups is 1. The van der Waals surface area contributed by atoms with Gasteiger partial charge in [-0.05, 0) is 13.8 Å². The highest BCUT2D eigenvalue weighted by molar-refractivity contribution is 5.44. The molecule has 84 valence electrons. The van der Waals surface area contributed by atoms with Gasteiger partial charge in [0.1, 0.15) is 6.29 Å². The third-order valence-electron chi connectivity index (χ3n) is 0.551. The molecule has 0 aromatic carbocycles. The summed E-state index contributed by atoms with van der Waals surface area (Å²) in [5.41, 5.74) is 0. The number of hydrogen-bond acceptors (Lipinski definition) is 1. The first-order valence-electron chi connectivity index (χ1n) is 5.13. The van der Waals surface area contributed by atoms with Gasteiger partial charge in [-0.2, -0.15) is 0 Å². The number of carbonyl (C=O) groups excluding carboxylic acids is 1. The predicted molar refractivity (Wildman–Crippen MR) is 68.6 cm³/mol. The maximum Gasteiger partial charge on any atom is 0.116 e. The van der Waals surface area contributed by atoms with Crippen molar-refractivity contribution in [1.82, 2.24) is 0 Å². The van der Waals surface area contributed by atoms with Crippen LogP contribution in [0.4, 0.5) is 0 Å². The summed E-state index contributed by atoms with van der Waals surface area (Å²) in [4.78, 5) is 8.81. The van der Waals surface area contributed by atoms with Crippen LogP contribution in [-0.2, 0) is 4.79 Å². The standard InChI is InChI=1S/C7H10.C2H4O.2C2H6/c1-3-5-7-6-4-2;1-2-3;2*1-2/h3-7H,1H2,2H3;2H,1H3;2*1-2H3/b6-4-,7-5-;;;. The molecule has 0 heterocycles. The summed E-state index contributed by atoms with van der Waals surface area (Å²) in [6, 6.07) is 0. The van der Waals surface area contributed by atoms with Gasteiger partial charge in [-0.15, -0.1) is 0 Å². The Bertz CT molecular complexity index is 121. The zero-order valence-electron chi connectivity index (χ0n) is 10.6. The van der Waals surface area contributed by atoms with Gasteiger partial charge in [0.25, 0.3) is 0 Å². The third kappa shape index (κ3) is 128. The molecule has 0 saturated carbocycles. The van der Waals surface area contributed by atoms with Crippen molar-refractivity contribution < 1.29 is 4.79 Å². The van der Waals surface area contributed by atoms with Crippen molar-refractivity contribution in [3.63, 3.8) is 0 Å². The Kier molecular flexibility index (Phi) is 97.1. The summed E-state index contributed by atoms with van der Waals surface area (Å²) in [6.07, 6.45) is 10.3. The second-order valence-electron chi connectivity index (χ2n) is 1.38. The first kappa shape index (κ1) is 23.1. The van der Waals surface area contributed by atoms with Crippen LogP contribution in [0.1, 0.15) is 41.5 Å². The van der Waals surface area contributed by atoms with E-state index in [1.54, 1.807) is 6.08 Å². The molecule has 0 aliphatic rings. The Morgan fingerprint density at radius 2 is 1.21 bits per heavy atom. The van der Waals surface area contributed by atoms with Crippen LogP contribution >= 0.6 is 0 Å². The van der Waals surface area contributed by atoms with Crippen molar-refractivity contribution in [3.8, 4) is 0 Å². The number of rotatable bonds is 2. The summed E-state index contributed by atoms with van der Waals surface area (Å²) in [6.45, 7) is 14.9. The molecule has 0 unspecified atom stereocenters. The van der Waals surface area contributed by atoms with Gasteiger partial charge < -0.3 is 4.79 Å². The average Bonchev–Trinajstić information content (AvgIpc) is 2.26. The molecule has 1 nitrogen and oxygen atoms in total. The molecule has 1 heteroatoms. The second-order valence-corrected chi connectivity index (χ2v) is 1.38. The van der Waals surface area contributed by atoms with Gasteiger partial charge in [0.05, 0.1) is 0 Å². The van der Waals surface area contributed by atoms with Crippen LogP contribution in [0.5, 0.6) is 0 Å². The van der Waals surface area contributed by atoms with E-state index in [1.807, 2.05) is 58.9 Å². The topological polar surface area (TPSA) is 17.1 Å². The first-order valence-corrected chi connectivity index (χ1v) is 5.13. The van der Waals surface area contributed by atoms with E-state index in [0.717, 1.165) is 6.29 Å². The van der Waals surface area contributed by atoms with Crippen LogP contribution in [0.15, 0.2) is 37.0 Å². The predicted octanol–water partition coefficient (Wildman–Crippen LogP) is 4.56. The fourth-order valence-electron chi connectivity index (χ4n) is 0.254. The molecule has 0 aliphatic heterocycles. The third-order valence-corrected chi connectivity index (χ3v) is 0.551. The molecule has 0 aliphatic carbocycles. The van der Waals surface area contributed by atoms with E-state index >= 15 is 0 Å².